The van der Waals surface area contributed by atoms with E-state index >= 15 is 0 Å². The lowest BCUT2D eigenvalue weighted by atomic mass is 9.99. The van der Waals surface area contributed by atoms with Crippen LogP contribution in [0.15, 0.2) is 84.9 Å². The largest absolute Gasteiger partial charge is 0.489 e. The fraction of sp³-hybridized carbons (Fsp3) is 0.200. The molecule has 3 aromatic rings. The van der Waals surface area contributed by atoms with E-state index in [1.165, 1.54) is 28.8 Å². The molecule has 0 saturated heterocycles. The minimum Gasteiger partial charge on any atom is -0.489 e. The van der Waals surface area contributed by atoms with Crippen molar-refractivity contribution >= 4 is 5.57 Å². The van der Waals surface area contributed by atoms with E-state index in [1.54, 1.807) is 0 Å². The third-order valence-electron chi connectivity index (χ3n) is 5.09. The van der Waals surface area contributed by atoms with E-state index in [0.717, 1.165) is 37.4 Å². The Morgan fingerprint density at radius 2 is 1.54 bits per heavy atom. The molecule has 0 bridgehead atoms. The second kappa shape index (κ2) is 8.85. The van der Waals surface area contributed by atoms with E-state index in [4.69, 9.17) is 4.74 Å². The van der Waals surface area contributed by atoms with Gasteiger partial charge in [-0.2, -0.15) is 0 Å². The van der Waals surface area contributed by atoms with Crippen LogP contribution in [0.1, 0.15) is 23.1 Å². The molecule has 3 aromatic carbocycles. The Balaban J connectivity index is 1.29. The first-order chi connectivity index (χ1) is 13.8. The Bertz CT molecular complexity index is 917. The van der Waals surface area contributed by atoms with E-state index in [-0.39, 0.29) is 5.82 Å². The topological polar surface area (TPSA) is 12.5 Å². The summed E-state index contributed by atoms with van der Waals surface area (Å²) in [6.07, 6.45) is 3.26. The number of halogens is 1. The number of hydrogen-bond donors (Lipinski definition) is 0. The average Bonchev–Trinajstić information content (AvgIpc) is 2.75. The molecule has 4 rings (SSSR count). The van der Waals surface area contributed by atoms with Crippen molar-refractivity contribution in [3.63, 3.8) is 0 Å². The SMILES string of the molecule is Fc1ccc(C2=CCN(Cc3ccc(COc4ccccc4)cc3)CC2)cc1. The monoisotopic (exact) mass is 373 g/mol. The highest BCUT2D eigenvalue weighted by atomic mass is 19.1. The minimum atomic E-state index is -0.181. The van der Waals surface area contributed by atoms with E-state index in [2.05, 4.69) is 35.2 Å². The van der Waals surface area contributed by atoms with Crippen molar-refractivity contribution in [2.45, 2.75) is 19.6 Å². The third-order valence-corrected chi connectivity index (χ3v) is 5.09. The molecule has 0 atom stereocenters. The molecule has 0 saturated carbocycles. The fourth-order valence-electron chi connectivity index (χ4n) is 3.46. The van der Waals surface area contributed by atoms with Crippen molar-refractivity contribution < 1.29 is 9.13 Å². The molecule has 3 heteroatoms. The molecule has 1 aliphatic rings. The number of hydrogen-bond acceptors (Lipinski definition) is 2. The lowest BCUT2D eigenvalue weighted by Crippen LogP contribution is -2.28. The molecular formula is C25H24FNO. The van der Waals surface area contributed by atoms with Gasteiger partial charge in [0.1, 0.15) is 18.2 Å². The number of nitrogens with zero attached hydrogens (tertiary/aromatic N) is 1. The first-order valence-corrected chi connectivity index (χ1v) is 9.69. The van der Waals surface area contributed by atoms with Gasteiger partial charge in [0.2, 0.25) is 0 Å². The van der Waals surface area contributed by atoms with Gasteiger partial charge in [0, 0.05) is 19.6 Å². The maximum atomic E-state index is 13.1. The lowest BCUT2D eigenvalue weighted by molar-refractivity contribution is 0.293. The van der Waals surface area contributed by atoms with Crippen molar-refractivity contribution in [3.8, 4) is 5.75 Å². The van der Waals surface area contributed by atoms with E-state index < -0.39 is 0 Å². The molecule has 0 aliphatic carbocycles. The Labute approximate surface area is 165 Å². The summed E-state index contributed by atoms with van der Waals surface area (Å²) in [5.74, 6) is 0.711. The predicted molar refractivity (Wildman–Crippen MR) is 111 cm³/mol. The standard InChI is InChI=1S/C25H24FNO/c26-24-12-10-22(11-13-24)23-14-16-27(17-15-23)18-20-6-8-21(9-7-20)19-28-25-4-2-1-3-5-25/h1-14H,15-19H2. The Hall–Kier alpha value is -2.91. The molecule has 0 aromatic heterocycles. The van der Waals surface area contributed by atoms with Crippen LogP contribution in [0.25, 0.3) is 5.57 Å². The Morgan fingerprint density at radius 1 is 0.821 bits per heavy atom. The highest BCUT2D eigenvalue weighted by Gasteiger charge is 2.13. The normalized spacial score (nSPS) is 14.5. The zero-order valence-corrected chi connectivity index (χ0v) is 15.9. The van der Waals surface area contributed by atoms with Gasteiger partial charge in [-0.15, -0.1) is 0 Å². The molecular weight excluding hydrogens is 349 g/mol. The maximum absolute atomic E-state index is 13.1. The minimum absolute atomic E-state index is 0.181. The Morgan fingerprint density at radius 3 is 2.21 bits per heavy atom. The van der Waals surface area contributed by atoms with E-state index in [0.29, 0.717) is 6.61 Å². The second-order valence-electron chi connectivity index (χ2n) is 7.14. The molecule has 142 valence electrons. The van der Waals surface area contributed by atoms with Crippen LogP contribution < -0.4 is 4.74 Å². The van der Waals surface area contributed by atoms with Gasteiger partial charge in [-0.3, -0.25) is 4.90 Å². The average molecular weight is 373 g/mol. The number of para-hydroxylation sites is 1. The van der Waals surface area contributed by atoms with Crippen LogP contribution in [0, 0.1) is 5.82 Å². The molecule has 28 heavy (non-hydrogen) atoms. The molecule has 0 spiro atoms. The van der Waals surface area contributed by atoms with Crippen molar-refractivity contribution in [1.29, 1.82) is 0 Å². The van der Waals surface area contributed by atoms with Crippen LogP contribution in [0.5, 0.6) is 5.75 Å². The van der Waals surface area contributed by atoms with Crippen LogP contribution in [0.4, 0.5) is 4.39 Å². The summed E-state index contributed by atoms with van der Waals surface area (Å²) in [5, 5.41) is 0. The van der Waals surface area contributed by atoms with Crippen LogP contribution in [0.3, 0.4) is 0 Å². The van der Waals surface area contributed by atoms with Crippen LogP contribution in [0.2, 0.25) is 0 Å². The van der Waals surface area contributed by atoms with Crippen molar-refractivity contribution in [1.82, 2.24) is 4.90 Å². The summed E-state index contributed by atoms with van der Waals surface area (Å²) in [4.78, 5) is 2.43. The first kappa shape index (κ1) is 18.5. The molecule has 2 nitrogen and oxygen atoms in total. The van der Waals surface area contributed by atoms with Gasteiger partial charge in [0.05, 0.1) is 0 Å². The van der Waals surface area contributed by atoms with Crippen LogP contribution in [-0.2, 0) is 13.2 Å². The van der Waals surface area contributed by atoms with Crippen LogP contribution >= 0.6 is 0 Å². The predicted octanol–water partition coefficient (Wildman–Crippen LogP) is 5.69. The lowest BCUT2D eigenvalue weighted by Gasteiger charge is -2.26. The molecule has 0 radical (unpaired) electrons. The van der Waals surface area contributed by atoms with Gasteiger partial charge < -0.3 is 4.74 Å². The first-order valence-electron chi connectivity index (χ1n) is 9.69. The second-order valence-corrected chi connectivity index (χ2v) is 7.14. The number of rotatable bonds is 6. The molecule has 0 N–H and O–H groups in total. The van der Waals surface area contributed by atoms with E-state index in [1.807, 2.05) is 42.5 Å². The molecule has 0 fully saturated rings. The third kappa shape index (κ3) is 4.87. The summed E-state index contributed by atoms with van der Waals surface area (Å²) < 4.78 is 18.9. The van der Waals surface area contributed by atoms with Gasteiger partial charge in [-0.05, 0) is 52.9 Å². The highest BCUT2D eigenvalue weighted by Crippen LogP contribution is 2.23. The highest BCUT2D eigenvalue weighted by molar-refractivity contribution is 5.66. The summed E-state index contributed by atoms with van der Waals surface area (Å²) in [6.45, 7) is 3.46. The molecule has 0 amide bonds. The zero-order chi connectivity index (χ0) is 19.2. The molecule has 1 heterocycles. The fourth-order valence-corrected chi connectivity index (χ4v) is 3.46. The zero-order valence-electron chi connectivity index (χ0n) is 15.9. The van der Waals surface area contributed by atoms with Gasteiger partial charge in [-0.25, -0.2) is 4.39 Å². The van der Waals surface area contributed by atoms with E-state index in [9.17, 15) is 4.39 Å². The summed E-state index contributed by atoms with van der Waals surface area (Å²) in [6, 6.07) is 25.3. The van der Waals surface area contributed by atoms with Gasteiger partial charge in [0.25, 0.3) is 0 Å². The summed E-state index contributed by atoms with van der Waals surface area (Å²) >= 11 is 0. The van der Waals surface area contributed by atoms with Crippen molar-refractivity contribution in [2.75, 3.05) is 13.1 Å². The number of ether oxygens (including phenoxy) is 1. The summed E-state index contributed by atoms with van der Waals surface area (Å²) in [7, 11) is 0. The quantitative estimate of drug-likeness (QED) is 0.550. The van der Waals surface area contributed by atoms with Crippen molar-refractivity contribution in [2.24, 2.45) is 0 Å². The van der Waals surface area contributed by atoms with Crippen molar-refractivity contribution in [3.05, 3.63) is 107 Å². The molecule has 0 unspecified atom stereocenters. The molecule has 1 aliphatic heterocycles. The Kier molecular flexibility index (Phi) is 5.83. The smallest absolute Gasteiger partial charge is 0.123 e. The summed E-state index contributed by atoms with van der Waals surface area (Å²) in [5.41, 5.74) is 4.92. The number of benzene rings is 3. The maximum Gasteiger partial charge on any atom is 0.123 e. The van der Waals surface area contributed by atoms with Gasteiger partial charge >= 0.3 is 0 Å². The van der Waals surface area contributed by atoms with Crippen LogP contribution in [-0.4, -0.2) is 18.0 Å². The van der Waals surface area contributed by atoms with Gasteiger partial charge in [0.15, 0.2) is 0 Å². The van der Waals surface area contributed by atoms with Gasteiger partial charge in [-0.1, -0.05) is 60.7 Å².